The molecule has 9 nitrogen and oxygen atoms in total. The number of morpholine rings is 1. The van der Waals surface area contributed by atoms with Crippen LogP contribution in [0.3, 0.4) is 0 Å². The summed E-state index contributed by atoms with van der Waals surface area (Å²) in [7, 11) is 1.61. The predicted molar refractivity (Wildman–Crippen MR) is 118 cm³/mol. The van der Waals surface area contributed by atoms with E-state index < -0.39 is 0 Å². The van der Waals surface area contributed by atoms with Crippen molar-refractivity contribution in [3.8, 4) is 11.6 Å². The average Bonchev–Trinajstić information content (AvgIpc) is 3.29. The van der Waals surface area contributed by atoms with Gasteiger partial charge in [0.25, 0.3) is 5.91 Å². The molecule has 0 bridgehead atoms. The number of methoxy groups -OCH3 is 1. The second-order valence-corrected chi connectivity index (χ2v) is 7.85. The minimum atomic E-state index is -0.233. The van der Waals surface area contributed by atoms with Crippen molar-refractivity contribution in [3.63, 3.8) is 0 Å². The summed E-state index contributed by atoms with van der Waals surface area (Å²) in [5.74, 6) is 0.939. The van der Waals surface area contributed by atoms with Crippen molar-refractivity contribution in [3.05, 3.63) is 47.7 Å². The lowest BCUT2D eigenvalue weighted by Gasteiger charge is -2.27. The van der Waals surface area contributed by atoms with Gasteiger partial charge in [-0.1, -0.05) is 0 Å². The Morgan fingerprint density at radius 1 is 1.16 bits per heavy atom. The number of rotatable bonds is 5. The number of benzene rings is 1. The number of aryl methyl sites for hydroxylation is 1. The lowest BCUT2D eigenvalue weighted by molar-refractivity contribution is 0.0298. The number of amides is 3. The Balaban J connectivity index is 1.37. The summed E-state index contributed by atoms with van der Waals surface area (Å²) in [4.78, 5) is 33.4. The smallest absolute Gasteiger partial charge is 0.321 e. The molecule has 4 rings (SSSR count). The highest BCUT2D eigenvalue weighted by Gasteiger charge is 2.30. The van der Waals surface area contributed by atoms with Gasteiger partial charge in [0, 0.05) is 37.9 Å². The van der Waals surface area contributed by atoms with Crippen molar-refractivity contribution >= 4 is 17.6 Å². The number of nitrogens with zero attached hydrogens (tertiary/aromatic N) is 3. The molecule has 2 saturated heterocycles. The van der Waals surface area contributed by atoms with Crippen LogP contribution in [0, 0.1) is 6.92 Å². The summed E-state index contributed by atoms with van der Waals surface area (Å²) in [6, 6.07) is 8.78. The lowest BCUT2D eigenvalue weighted by atomic mass is 10.2. The molecule has 2 fully saturated rings. The Hall–Kier alpha value is -3.33. The normalized spacial score (nSPS) is 18.4. The van der Waals surface area contributed by atoms with Gasteiger partial charge in [-0.3, -0.25) is 4.79 Å². The quantitative estimate of drug-likeness (QED) is 0.768. The van der Waals surface area contributed by atoms with Gasteiger partial charge in [-0.2, -0.15) is 0 Å². The third-order valence-electron chi connectivity index (χ3n) is 5.69. The molecule has 2 aliphatic rings. The Labute approximate surface area is 187 Å². The molecule has 0 radical (unpaired) electrons. The van der Waals surface area contributed by atoms with Crippen molar-refractivity contribution in [2.45, 2.75) is 19.4 Å². The van der Waals surface area contributed by atoms with E-state index in [1.165, 1.54) is 0 Å². The SMILES string of the molecule is COc1ccc(NC(=O)N2CCC(Oc3ncccc3C(=O)N3CCOCC3)C2)c(C)c1. The monoisotopic (exact) mass is 440 g/mol. The van der Waals surface area contributed by atoms with Gasteiger partial charge in [-0.05, 0) is 42.8 Å². The van der Waals surface area contributed by atoms with Gasteiger partial charge in [0.2, 0.25) is 5.88 Å². The summed E-state index contributed by atoms with van der Waals surface area (Å²) in [5, 5.41) is 2.95. The molecule has 3 amide bonds. The number of aromatic nitrogens is 1. The largest absolute Gasteiger partial charge is 0.497 e. The molecule has 0 aliphatic carbocycles. The van der Waals surface area contributed by atoms with E-state index in [-0.39, 0.29) is 18.0 Å². The zero-order chi connectivity index (χ0) is 22.5. The maximum atomic E-state index is 12.9. The summed E-state index contributed by atoms with van der Waals surface area (Å²) < 4.78 is 16.6. The van der Waals surface area contributed by atoms with Gasteiger partial charge in [-0.25, -0.2) is 9.78 Å². The molecule has 1 aromatic carbocycles. The molecule has 0 saturated carbocycles. The molecule has 1 aromatic heterocycles. The van der Waals surface area contributed by atoms with Gasteiger partial charge in [-0.15, -0.1) is 0 Å². The molecule has 1 N–H and O–H groups in total. The summed E-state index contributed by atoms with van der Waals surface area (Å²) in [6.45, 7) is 5.06. The number of carbonyl (C=O) groups is 2. The zero-order valence-corrected chi connectivity index (χ0v) is 18.4. The Kier molecular flexibility index (Phi) is 6.75. The van der Waals surface area contributed by atoms with Crippen LogP contribution < -0.4 is 14.8 Å². The van der Waals surface area contributed by atoms with Gasteiger partial charge < -0.3 is 29.3 Å². The molecule has 1 unspecified atom stereocenters. The number of hydrogen-bond acceptors (Lipinski definition) is 6. The minimum Gasteiger partial charge on any atom is -0.497 e. The molecule has 1 atom stereocenters. The number of carbonyl (C=O) groups excluding carboxylic acids is 2. The van der Waals surface area contributed by atoms with Crippen molar-refractivity contribution < 1.29 is 23.8 Å². The second-order valence-electron chi connectivity index (χ2n) is 7.85. The Bertz CT molecular complexity index is 977. The number of pyridine rings is 1. The van der Waals surface area contributed by atoms with E-state index in [4.69, 9.17) is 14.2 Å². The van der Waals surface area contributed by atoms with Crippen LogP contribution in [0.4, 0.5) is 10.5 Å². The molecule has 3 heterocycles. The van der Waals surface area contributed by atoms with Crippen LogP contribution in [0.25, 0.3) is 0 Å². The van der Waals surface area contributed by atoms with E-state index in [2.05, 4.69) is 10.3 Å². The van der Waals surface area contributed by atoms with Gasteiger partial charge in [0.1, 0.15) is 17.4 Å². The van der Waals surface area contributed by atoms with Crippen LogP contribution in [0.15, 0.2) is 36.5 Å². The van der Waals surface area contributed by atoms with Gasteiger partial charge in [0.05, 0.1) is 26.9 Å². The summed E-state index contributed by atoms with van der Waals surface area (Å²) >= 11 is 0. The third-order valence-corrected chi connectivity index (χ3v) is 5.69. The van der Waals surface area contributed by atoms with Crippen molar-refractivity contribution in [1.29, 1.82) is 0 Å². The fourth-order valence-electron chi connectivity index (χ4n) is 3.85. The lowest BCUT2D eigenvalue weighted by Crippen LogP contribution is -2.41. The first-order chi connectivity index (χ1) is 15.5. The van der Waals surface area contributed by atoms with Crippen LogP contribution in [0.1, 0.15) is 22.3 Å². The first-order valence-electron chi connectivity index (χ1n) is 10.7. The van der Waals surface area contributed by atoms with Crippen LogP contribution in [-0.4, -0.2) is 79.3 Å². The maximum absolute atomic E-state index is 12.9. The highest BCUT2D eigenvalue weighted by molar-refractivity contribution is 5.96. The standard InChI is InChI=1S/C23H28N4O5/c1-16-14-17(30-2)5-6-20(16)25-23(29)27-9-7-18(15-27)32-21-19(4-3-8-24-21)22(28)26-10-12-31-13-11-26/h3-6,8,14,18H,7,9-13,15H2,1-2H3,(H,25,29). The minimum absolute atomic E-state index is 0.112. The van der Waals surface area contributed by atoms with Gasteiger partial charge >= 0.3 is 6.03 Å². The van der Waals surface area contributed by atoms with Crippen LogP contribution >= 0.6 is 0 Å². The fraction of sp³-hybridized carbons (Fsp3) is 0.435. The highest BCUT2D eigenvalue weighted by Crippen LogP contribution is 2.24. The summed E-state index contributed by atoms with van der Waals surface area (Å²) in [5.41, 5.74) is 2.10. The van der Waals surface area contributed by atoms with Crippen molar-refractivity contribution in [2.75, 3.05) is 51.8 Å². The van der Waals surface area contributed by atoms with E-state index in [0.29, 0.717) is 57.3 Å². The molecule has 32 heavy (non-hydrogen) atoms. The Morgan fingerprint density at radius 2 is 1.97 bits per heavy atom. The Morgan fingerprint density at radius 3 is 2.72 bits per heavy atom. The molecule has 2 aliphatic heterocycles. The molecule has 2 aromatic rings. The number of anilines is 1. The van der Waals surface area contributed by atoms with E-state index in [0.717, 1.165) is 17.0 Å². The van der Waals surface area contributed by atoms with Crippen LogP contribution in [0.2, 0.25) is 0 Å². The van der Waals surface area contributed by atoms with E-state index in [1.807, 2.05) is 25.1 Å². The third kappa shape index (κ3) is 4.94. The number of ether oxygens (including phenoxy) is 3. The molecule has 170 valence electrons. The topological polar surface area (TPSA) is 93.2 Å². The second kappa shape index (κ2) is 9.86. The molecule has 0 spiro atoms. The van der Waals surface area contributed by atoms with Crippen molar-refractivity contribution in [2.24, 2.45) is 0 Å². The summed E-state index contributed by atoms with van der Waals surface area (Å²) in [6.07, 6.45) is 2.04. The number of nitrogens with one attached hydrogen (secondary N) is 1. The first-order valence-corrected chi connectivity index (χ1v) is 10.7. The van der Waals surface area contributed by atoms with Gasteiger partial charge in [0.15, 0.2) is 0 Å². The number of urea groups is 1. The average molecular weight is 441 g/mol. The zero-order valence-electron chi connectivity index (χ0n) is 18.4. The van der Waals surface area contributed by atoms with E-state index >= 15 is 0 Å². The highest BCUT2D eigenvalue weighted by atomic mass is 16.5. The maximum Gasteiger partial charge on any atom is 0.321 e. The molecular formula is C23H28N4O5. The number of likely N-dealkylation sites (tertiary alicyclic amines) is 1. The first kappa shape index (κ1) is 21.9. The fourth-order valence-corrected chi connectivity index (χ4v) is 3.85. The van der Waals surface area contributed by atoms with E-state index in [1.54, 1.807) is 35.2 Å². The molecular weight excluding hydrogens is 412 g/mol. The number of hydrogen-bond donors (Lipinski definition) is 1. The van der Waals surface area contributed by atoms with Crippen LogP contribution in [0.5, 0.6) is 11.6 Å². The molecule has 9 heteroatoms. The van der Waals surface area contributed by atoms with Crippen molar-refractivity contribution in [1.82, 2.24) is 14.8 Å². The van der Waals surface area contributed by atoms with Crippen LogP contribution in [-0.2, 0) is 4.74 Å². The van der Waals surface area contributed by atoms with E-state index in [9.17, 15) is 9.59 Å². The predicted octanol–water partition coefficient (Wildman–Crippen LogP) is 2.56.